The summed E-state index contributed by atoms with van der Waals surface area (Å²) in [4.78, 5) is 22.8. The summed E-state index contributed by atoms with van der Waals surface area (Å²) in [6.07, 6.45) is 1.50. The van der Waals surface area contributed by atoms with Gasteiger partial charge in [-0.15, -0.1) is 0 Å². The third kappa shape index (κ3) is 4.33. The van der Waals surface area contributed by atoms with Crippen LogP contribution in [0.3, 0.4) is 0 Å². The minimum Gasteiger partial charge on any atom is -0.469 e. The van der Waals surface area contributed by atoms with Crippen LogP contribution in [0.5, 0.6) is 0 Å². The second kappa shape index (κ2) is 7.02. The molecule has 0 heterocycles. The number of alkyl halides is 2. The first kappa shape index (κ1) is 18.0. The van der Waals surface area contributed by atoms with Crippen molar-refractivity contribution in [1.29, 1.82) is 0 Å². The first-order chi connectivity index (χ1) is 11.2. The van der Waals surface area contributed by atoms with E-state index in [4.69, 9.17) is 0 Å². The number of benzene rings is 1. The number of esters is 1. The van der Waals surface area contributed by atoms with E-state index in [1.807, 2.05) is 0 Å². The summed E-state index contributed by atoms with van der Waals surface area (Å²) < 4.78 is 58.0. The fraction of sp³-hybridized carbons (Fsp3) is 0.375. The lowest BCUT2D eigenvalue weighted by atomic mass is 9.80. The number of nitrogens with one attached hydrogen (secondary N) is 1. The van der Waals surface area contributed by atoms with E-state index in [1.54, 1.807) is 0 Å². The highest BCUT2D eigenvalue weighted by atomic mass is 19.3. The van der Waals surface area contributed by atoms with Gasteiger partial charge in [0.1, 0.15) is 11.6 Å². The standard InChI is InChI=1S/C16H15F4NO3/c1-24-14(22)10-6-13(7-10)21-15(23)16(19,20)3-2-9-4-11(17)8-12(18)5-9/h2-5,8,10,13H,6-7H2,1H3,(H,21,23)/b3-2+. The minimum atomic E-state index is -3.85. The van der Waals surface area contributed by atoms with Gasteiger partial charge >= 0.3 is 11.9 Å². The molecular formula is C16H15F4NO3. The molecule has 1 aromatic rings. The molecule has 2 rings (SSSR count). The number of amides is 1. The number of ether oxygens (including phenoxy) is 1. The number of rotatable bonds is 5. The van der Waals surface area contributed by atoms with Crippen LogP contribution in [-0.4, -0.2) is 31.0 Å². The minimum absolute atomic E-state index is 0.130. The van der Waals surface area contributed by atoms with E-state index in [1.165, 1.54) is 7.11 Å². The first-order valence-electron chi connectivity index (χ1n) is 7.13. The van der Waals surface area contributed by atoms with Gasteiger partial charge in [0.25, 0.3) is 5.91 Å². The molecule has 0 spiro atoms. The van der Waals surface area contributed by atoms with Gasteiger partial charge in [-0.1, -0.05) is 6.08 Å². The molecule has 0 aliphatic heterocycles. The maximum absolute atomic E-state index is 13.8. The zero-order chi connectivity index (χ0) is 17.9. The Morgan fingerprint density at radius 3 is 2.33 bits per heavy atom. The molecule has 0 bridgehead atoms. The molecule has 1 aliphatic rings. The summed E-state index contributed by atoms with van der Waals surface area (Å²) in [6.45, 7) is 0. The number of halogens is 4. The third-order valence-corrected chi connectivity index (χ3v) is 3.68. The van der Waals surface area contributed by atoms with Crippen molar-refractivity contribution in [2.75, 3.05) is 7.11 Å². The number of hydrogen-bond donors (Lipinski definition) is 1. The summed E-state index contributed by atoms with van der Waals surface area (Å²) in [5.74, 6) is -8.06. The van der Waals surface area contributed by atoms with Crippen molar-refractivity contribution in [2.24, 2.45) is 5.92 Å². The zero-order valence-electron chi connectivity index (χ0n) is 12.7. The maximum atomic E-state index is 13.8. The SMILES string of the molecule is COC(=O)C1CC(NC(=O)C(F)(F)/C=C/c2cc(F)cc(F)c2)C1. The van der Waals surface area contributed by atoms with Gasteiger partial charge in [-0.05, 0) is 36.6 Å². The number of methoxy groups -OCH3 is 1. The second-order valence-electron chi connectivity index (χ2n) is 5.52. The topological polar surface area (TPSA) is 55.4 Å². The molecule has 24 heavy (non-hydrogen) atoms. The molecule has 8 heteroatoms. The van der Waals surface area contributed by atoms with Crippen molar-refractivity contribution in [3.05, 3.63) is 41.5 Å². The second-order valence-corrected chi connectivity index (χ2v) is 5.52. The van der Waals surface area contributed by atoms with Gasteiger partial charge in [-0.3, -0.25) is 9.59 Å². The molecule has 1 aromatic carbocycles. The highest BCUT2D eigenvalue weighted by molar-refractivity contribution is 5.87. The Balaban J connectivity index is 1.93. The van der Waals surface area contributed by atoms with Crippen molar-refractivity contribution in [3.63, 3.8) is 0 Å². The Labute approximate surface area is 135 Å². The lowest BCUT2D eigenvalue weighted by Gasteiger charge is -2.34. The average Bonchev–Trinajstić information content (AvgIpc) is 2.46. The Morgan fingerprint density at radius 1 is 1.21 bits per heavy atom. The van der Waals surface area contributed by atoms with E-state index in [2.05, 4.69) is 10.1 Å². The van der Waals surface area contributed by atoms with Crippen LogP contribution >= 0.6 is 0 Å². The van der Waals surface area contributed by atoms with Crippen LogP contribution in [0.4, 0.5) is 17.6 Å². The molecule has 1 amide bonds. The van der Waals surface area contributed by atoms with Crippen molar-refractivity contribution in [3.8, 4) is 0 Å². The molecule has 0 saturated heterocycles. The zero-order valence-corrected chi connectivity index (χ0v) is 12.7. The van der Waals surface area contributed by atoms with Gasteiger partial charge in [-0.25, -0.2) is 8.78 Å². The van der Waals surface area contributed by atoms with Gasteiger partial charge in [0.2, 0.25) is 0 Å². The molecule has 1 aliphatic carbocycles. The quantitative estimate of drug-likeness (QED) is 0.659. The van der Waals surface area contributed by atoms with Gasteiger partial charge in [0, 0.05) is 12.1 Å². The monoisotopic (exact) mass is 345 g/mol. The Bertz CT molecular complexity index is 649. The molecule has 1 N–H and O–H groups in total. The summed E-state index contributed by atoms with van der Waals surface area (Å²) in [6, 6.07) is 1.80. The van der Waals surface area contributed by atoms with E-state index in [9.17, 15) is 27.2 Å². The Hall–Kier alpha value is -2.38. The predicted molar refractivity (Wildman–Crippen MR) is 77.0 cm³/mol. The molecule has 0 radical (unpaired) electrons. The lowest BCUT2D eigenvalue weighted by Crippen LogP contribution is -2.51. The summed E-state index contributed by atoms with van der Waals surface area (Å²) in [5.41, 5.74) is -0.130. The van der Waals surface area contributed by atoms with Crippen molar-refractivity contribution >= 4 is 18.0 Å². The molecule has 1 saturated carbocycles. The molecule has 1 fully saturated rings. The average molecular weight is 345 g/mol. The third-order valence-electron chi connectivity index (χ3n) is 3.68. The van der Waals surface area contributed by atoms with Gasteiger partial charge in [0.05, 0.1) is 13.0 Å². The summed E-state index contributed by atoms with van der Waals surface area (Å²) in [5, 5.41) is 2.13. The summed E-state index contributed by atoms with van der Waals surface area (Å²) >= 11 is 0. The van der Waals surface area contributed by atoms with E-state index in [-0.39, 0.29) is 24.5 Å². The van der Waals surface area contributed by atoms with Crippen LogP contribution in [0.2, 0.25) is 0 Å². The number of carbonyl (C=O) groups is 2. The largest absolute Gasteiger partial charge is 0.469 e. The molecular weight excluding hydrogens is 330 g/mol. The van der Waals surface area contributed by atoms with Gasteiger partial charge in [0.15, 0.2) is 0 Å². The Kier molecular flexibility index (Phi) is 5.26. The predicted octanol–water partition coefficient (Wildman–Crippen LogP) is 2.68. The fourth-order valence-corrected chi connectivity index (χ4v) is 2.32. The van der Waals surface area contributed by atoms with Crippen molar-refractivity contribution < 1.29 is 31.9 Å². The first-order valence-corrected chi connectivity index (χ1v) is 7.13. The number of carbonyl (C=O) groups excluding carboxylic acids is 2. The van der Waals surface area contributed by atoms with Crippen LogP contribution in [0.15, 0.2) is 24.3 Å². The van der Waals surface area contributed by atoms with Gasteiger partial charge in [-0.2, -0.15) is 8.78 Å². The molecule has 0 atom stereocenters. The fourth-order valence-electron chi connectivity index (χ4n) is 2.32. The highest BCUT2D eigenvalue weighted by Gasteiger charge is 2.41. The lowest BCUT2D eigenvalue weighted by molar-refractivity contribution is -0.151. The van der Waals surface area contributed by atoms with Crippen LogP contribution in [0, 0.1) is 17.6 Å². The highest BCUT2D eigenvalue weighted by Crippen LogP contribution is 2.29. The van der Waals surface area contributed by atoms with E-state index >= 15 is 0 Å². The molecule has 4 nitrogen and oxygen atoms in total. The van der Waals surface area contributed by atoms with Crippen LogP contribution in [-0.2, 0) is 14.3 Å². The molecule has 0 aromatic heterocycles. The normalized spacial score (nSPS) is 20.5. The van der Waals surface area contributed by atoms with Crippen LogP contribution < -0.4 is 5.32 Å². The maximum Gasteiger partial charge on any atom is 0.343 e. The van der Waals surface area contributed by atoms with Crippen molar-refractivity contribution in [1.82, 2.24) is 5.32 Å². The van der Waals surface area contributed by atoms with Crippen LogP contribution in [0.25, 0.3) is 6.08 Å². The smallest absolute Gasteiger partial charge is 0.343 e. The van der Waals surface area contributed by atoms with E-state index in [0.29, 0.717) is 6.07 Å². The van der Waals surface area contributed by atoms with E-state index < -0.39 is 41.4 Å². The summed E-state index contributed by atoms with van der Waals surface area (Å²) in [7, 11) is 1.22. The number of hydrogen-bond acceptors (Lipinski definition) is 3. The van der Waals surface area contributed by atoms with E-state index in [0.717, 1.165) is 18.2 Å². The van der Waals surface area contributed by atoms with Crippen LogP contribution in [0.1, 0.15) is 18.4 Å². The molecule has 0 unspecified atom stereocenters. The Morgan fingerprint density at radius 2 is 1.79 bits per heavy atom. The van der Waals surface area contributed by atoms with Gasteiger partial charge < -0.3 is 10.1 Å². The molecule has 130 valence electrons. The van der Waals surface area contributed by atoms with Crippen molar-refractivity contribution in [2.45, 2.75) is 24.8 Å².